The van der Waals surface area contributed by atoms with Crippen molar-refractivity contribution in [2.24, 2.45) is 0 Å². The van der Waals surface area contributed by atoms with Crippen molar-refractivity contribution in [3.8, 4) is 11.5 Å². The lowest BCUT2D eigenvalue weighted by Gasteiger charge is -2.00. The summed E-state index contributed by atoms with van der Waals surface area (Å²) in [4.78, 5) is 15.3. The van der Waals surface area contributed by atoms with Crippen LogP contribution in [0.15, 0.2) is 12.4 Å². The molecule has 0 spiro atoms. The molecule has 0 saturated carbocycles. The van der Waals surface area contributed by atoms with Crippen molar-refractivity contribution >= 4 is 24.0 Å². The lowest BCUT2D eigenvalue weighted by atomic mass is 10.4. The normalized spacial score (nSPS) is 9.05. The van der Waals surface area contributed by atoms with Gasteiger partial charge >= 0.3 is 0 Å². The molecule has 0 radical (unpaired) electrons. The Balaban J connectivity index is 0.000000345. The molecule has 0 bridgehead atoms. The van der Waals surface area contributed by atoms with E-state index in [-0.39, 0.29) is 23.4 Å². The summed E-state index contributed by atoms with van der Waals surface area (Å²) in [6, 6.07) is 0. The van der Waals surface area contributed by atoms with E-state index in [1.54, 1.807) is 27.2 Å². The first-order valence-corrected chi connectivity index (χ1v) is 5.84. The second-order valence-electron chi connectivity index (χ2n) is 3.68. The highest BCUT2D eigenvalue weighted by molar-refractivity contribution is 6.28. The summed E-state index contributed by atoms with van der Waals surface area (Å²) < 4.78 is 4.92. The van der Waals surface area contributed by atoms with Crippen molar-refractivity contribution in [2.45, 2.75) is 20.8 Å². The van der Waals surface area contributed by atoms with Crippen LogP contribution in [0.5, 0.6) is 11.5 Å². The zero-order valence-electron chi connectivity index (χ0n) is 11.6. The fraction of sp³-hybridized carbons (Fsp3) is 0.333. The molecule has 0 unspecified atom stereocenters. The summed E-state index contributed by atoms with van der Waals surface area (Å²) in [5.74, 6) is 1.50. The standard InChI is InChI=1S/C6H7ClN2O.C6H8N2O.ClH/c1-4-5(10-2)3-8-6(7)9-4;1-4-6(9)3-7-5(2)8-4;/h3H,1-2H3;3,9H,1-2H3;1H. The van der Waals surface area contributed by atoms with Crippen molar-refractivity contribution < 1.29 is 9.84 Å². The Kier molecular flexibility index (Phi) is 7.79. The van der Waals surface area contributed by atoms with Crippen LogP contribution in [-0.2, 0) is 0 Å². The molecule has 0 fully saturated rings. The van der Waals surface area contributed by atoms with E-state index in [9.17, 15) is 0 Å². The maximum absolute atomic E-state index is 8.92. The number of hydrogen-bond donors (Lipinski definition) is 1. The Morgan fingerprint density at radius 2 is 1.70 bits per heavy atom. The number of aryl methyl sites for hydroxylation is 3. The Labute approximate surface area is 128 Å². The molecule has 8 heteroatoms. The molecule has 6 nitrogen and oxygen atoms in total. The van der Waals surface area contributed by atoms with E-state index in [1.807, 2.05) is 6.92 Å². The summed E-state index contributed by atoms with van der Waals surface area (Å²) in [5.41, 5.74) is 1.38. The molecular weight excluding hydrogens is 303 g/mol. The SMILES string of the molecule is COc1cnc(Cl)nc1C.Cc1ncc(O)c(C)n1.Cl. The van der Waals surface area contributed by atoms with Gasteiger partial charge in [-0.15, -0.1) is 12.4 Å². The number of halogens is 2. The number of hydrogen-bond acceptors (Lipinski definition) is 6. The van der Waals surface area contributed by atoms with Crippen molar-refractivity contribution in [3.63, 3.8) is 0 Å². The van der Waals surface area contributed by atoms with E-state index >= 15 is 0 Å². The van der Waals surface area contributed by atoms with Gasteiger partial charge in [0.2, 0.25) is 5.28 Å². The van der Waals surface area contributed by atoms with E-state index in [1.165, 1.54) is 6.20 Å². The van der Waals surface area contributed by atoms with Crippen molar-refractivity contribution in [1.29, 1.82) is 0 Å². The molecule has 2 aromatic heterocycles. The first-order chi connectivity index (χ1) is 8.93. The molecule has 0 aliphatic heterocycles. The van der Waals surface area contributed by atoms with Gasteiger partial charge in [-0.3, -0.25) is 0 Å². The Hall–Kier alpha value is -1.66. The van der Waals surface area contributed by atoms with E-state index in [4.69, 9.17) is 21.4 Å². The molecule has 2 heterocycles. The summed E-state index contributed by atoms with van der Waals surface area (Å²) >= 11 is 5.50. The fourth-order valence-electron chi connectivity index (χ4n) is 1.20. The van der Waals surface area contributed by atoms with Gasteiger partial charge in [-0.1, -0.05) is 0 Å². The van der Waals surface area contributed by atoms with Crippen LogP contribution >= 0.6 is 24.0 Å². The molecule has 20 heavy (non-hydrogen) atoms. The van der Waals surface area contributed by atoms with Crippen LogP contribution < -0.4 is 4.74 Å². The van der Waals surface area contributed by atoms with Gasteiger partial charge in [-0.25, -0.2) is 19.9 Å². The predicted molar refractivity (Wildman–Crippen MR) is 78.7 cm³/mol. The maximum Gasteiger partial charge on any atom is 0.222 e. The minimum atomic E-state index is 0. The van der Waals surface area contributed by atoms with Gasteiger partial charge in [-0.05, 0) is 32.4 Å². The second-order valence-corrected chi connectivity index (χ2v) is 4.02. The third-order valence-electron chi connectivity index (χ3n) is 2.20. The van der Waals surface area contributed by atoms with Crippen molar-refractivity contribution in [1.82, 2.24) is 19.9 Å². The van der Waals surface area contributed by atoms with Gasteiger partial charge in [0.15, 0.2) is 11.5 Å². The highest BCUT2D eigenvalue weighted by Crippen LogP contribution is 2.14. The van der Waals surface area contributed by atoms with E-state index in [2.05, 4.69) is 19.9 Å². The summed E-state index contributed by atoms with van der Waals surface area (Å²) in [6.45, 7) is 5.34. The van der Waals surface area contributed by atoms with Crippen LogP contribution in [0.25, 0.3) is 0 Å². The van der Waals surface area contributed by atoms with Gasteiger partial charge < -0.3 is 9.84 Å². The zero-order chi connectivity index (χ0) is 14.4. The quantitative estimate of drug-likeness (QED) is 0.814. The number of nitrogens with zero attached hydrogens (tertiary/aromatic N) is 4. The van der Waals surface area contributed by atoms with Gasteiger partial charge in [-0.2, -0.15) is 0 Å². The lowest BCUT2D eigenvalue weighted by molar-refractivity contribution is 0.407. The molecule has 0 atom stereocenters. The van der Waals surface area contributed by atoms with Crippen LogP contribution in [0.1, 0.15) is 17.2 Å². The Bertz CT molecular complexity index is 567. The smallest absolute Gasteiger partial charge is 0.222 e. The number of rotatable bonds is 1. The first-order valence-electron chi connectivity index (χ1n) is 5.46. The van der Waals surface area contributed by atoms with Gasteiger partial charge in [0.1, 0.15) is 5.82 Å². The average Bonchev–Trinajstić information content (AvgIpc) is 2.35. The van der Waals surface area contributed by atoms with Crippen LogP contribution in [0.4, 0.5) is 0 Å². The van der Waals surface area contributed by atoms with Crippen molar-refractivity contribution in [3.05, 3.63) is 34.9 Å². The molecule has 0 saturated heterocycles. The van der Waals surface area contributed by atoms with E-state index < -0.39 is 0 Å². The molecular formula is C12H16Cl2N4O2. The van der Waals surface area contributed by atoms with Crippen LogP contribution in [0.3, 0.4) is 0 Å². The lowest BCUT2D eigenvalue weighted by Crippen LogP contribution is -1.92. The summed E-state index contributed by atoms with van der Waals surface area (Å²) in [5, 5.41) is 9.17. The highest BCUT2D eigenvalue weighted by Gasteiger charge is 1.99. The van der Waals surface area contributed by atoms with Crippen LogP contribution in [0.2, 0.25) is 5.28 Å². The molecule has 0 aromatic carbocycles. The van der Waals surface area contributed by atoms with E-state index in [0.29, 0.717) is 17.3 Å². The van der Waals surface area contributed by atoms with Gasteiger partial charge in [0, 0.05) is 0 Å². The number of methoxy groups -OCH3 is 1. The molecule has 0 amide bonds. The molecule has 0 aliphatic rings. The largest absolute Gasteiger partial charge is 0.504 e. The van der Waals surface area contributed by atoms with E-state index in [0.717, 1.165) is 5.69 Å². The van der Waals surface area contributed by atoms with Gasteiger partial charge in [0.05, 0.1) is 30.9 Å². The first kappa shape index (κ1) is 18.3. The predicted octanol–water partition coefficient (Wildman–Crippen LogP) is 2.67. The van der Waals surface area contributed by atoms with Crippen LogP contribution in [-0.4, -0.2) is 32.2 Å². The maximum atomic E-state index is 8.92. The molecule has 0 aliphatic carbocycles. The zero-order valence-corrected chi connectivity index (χ0v) is 13.2. The monoisotopic (exact) mass is 318 g/mol. The van der Waals surface area contributed by atoms with Gasteiger partial charge in [0.25, 0.3) is 0 Å². The second kappa shape index (κ2) is 8.50. The number of ether oxygens (including phenoxy) is 1. The number of aromatic hydroxyl groups is 1. The minimum absolute atomic E-state index is 0. The third kappa shape index (κ3) is 5.54. The summed E-state index contributed by atoms with van der Waals surface area (Å²) in [7, 11) is 1.57. The highest BCUT2D eigenvalue weighted by atomic mass is 35.5. The average molecular weight is 319 g/mol. The molecule has 2 rings (SSSR count). The minimum Gasteiger partial charge on any atom is -0.504 e. The summed E-state index contributed by atoms with van der Waals surface area (Å²) in [6.07, 6.45) is 2.95. The number of aromatic nitrogens is 4. The Morgan fingerprint density at radius 3 is 2.15 bits per heavy atom. The topological polar surface area (TPSA) is 81.0 Å². The molecule has 1 N–H and O–H groups in total. The molecule has 2 aromatic rings. The van der Waals surface area contributed by atoms with Crippen molar-refractivity contribution in [2.75, 3.05) is 7.11 Å². The Morgan fingerprint density at radius 1 is 1.05 bits per heavy atom. The molecule has 110 valence electrons. The third-order valence-corrected chi connectivity index (χ3v) is 2.38. The fourth-order valence-corrected chi connectivity index (χ4v) is 1.38. The van der Waals surface area contributed by atoms with Crippen LogP contribution in [0, 0.1) is 20.8 Å².